The Morgan fingerprint density at radius 1 is 1.32 bits per heavy atom. The van der Waals surface area contributed by atoms with Crippen molar-refractivity contribution in [3.8, 4) is 0 Å². The highest BCUT2D eigenvalue weighted by atomic mass is 16.2. The average molecular weight is 269 g/mol. The second kappa shape index (κ2) is 5.59. The van der Waals surface area contributed by atoms with Crippen molar-refractivity contribution in [3.63, 3.8) is 0 Å². The van der Waals surface area contributed by atoms with Crippen molar-refractivity contribution in [2.75, 3.05) is 13.6 Å². The minimum absolute atomic E-state index is 0.0132. The van der Waals surface area contributed by atoms with E-state index in [1.165, 1.54) is 4.90 Å². The lowest BCUT2D eigenvalue weighted by molar-refractivity contribution is -0.157. The molecular weight excluding hydrogens is 242 g/mol. The highest BCUT2D eigenvalue weighted by molar-refractivity contribution is 6.00. The molecule has 1 saturated heterocycles. The van der Waals surface area contributed by atoms with Gasteiger partial charge in [-0.1, -0.05) is 34.6 Å². The molecule has 0 saturated carbocycles. The molecular formula is C14H27N3O2. The fraction of sp³-hybridized carbons (Fsp3) is 0.857. The number of amides is 2. The molecule has 0 spiro atoms. The van der Waals surface area contributed by atoms with Crippen molar-refractivity contribution in [2.45, 2.75) is 53.5 Å². The van der Waals surface area contributed by atoms with Crippen LogP contribution in [0.1, 0.15) is 47.5 Å². The van der Waals surface area contributed by atoms with Gasteiger partial charge in [-0.15, -0.1) is 0 Å². The van der Waals surface area contributed by atoms with Crippen LogP contribution in [-0.4, -0.2) is 36.3 Å². The van der Waals surface area contributed by atoms with Crippen molar-refractivity contribution < 1.29 is 9.59 Å². The third-order valence-corrected chi connectivity index (χ3v) is 3.82. The maximum absolute atomic E-state index is 12.4. The number of piperidine rings is 1. The Bertz CT molecular complexity index is 358. The summed E-state index contributed by atoms with van der Waals surface area (Å²) in [5.74, 6) is -0.118. The quantitative estimate of drug-likeness (QED) is 0.596. The standard InChI is InChI=1S/C14H27N3O2/c1-13(2,3)10(16-15-6)9-17-11(18)7-8-14(4,5)12(17)19/h10,15-16H,7-9H2,1-6H3/t10-/m1/s1. The number of carbonyl (C=O) groups is 2. The Balaban J connectivity index is 2.87. The lowest BCUT2D eigenvalue weighted by Gasteiger charge is -2.40. The van der Waals surface area contributed by atoms with Crippen LogP contribution in [0, 0.1) is 10.8 Å². The van der Waals surface area contributed by atoms with E-state index in [9.17, 15) is 9.59 Å². The summed E-state index contributed by atoms with van der Waals surface area (Å²) in [6, 6.07) is 0.0132. The van der Waals surface area contributed by atoms with Crippen LogP contribution < -0.4 is 10.9 Å². The lowest BCUT2D eigenvalue weighted by atomic mass is 9.81. The van der Waals surface area contributed by atoms with Crippen LogP contribution >= 0.6 is 0 Å². The summed E-state index contributed by atoms with van der Waals surface area (Å²) in [6.07, 6.45) is 1.09. The van der Waals surface area contributed by atoms with E-state index in [4.69, 9.17) is 0 Å². The van der Waals surface area contributed by atoms with Crippen molar-refractivity contribution >= 4 is 11.8 Å². The molecule has 2 amide bonds. The Morgan fingerprint density at radius 3 is 2.37 bits per heavy atom. The minimum Gasteiger partial charge on any atom is -0.281 e. The topological polar surface area (TPSA) is 61.4 Å². The first kappa shape index (κ1) is 16.1. The molecule has 0 aliphatic carbocycles. The van der Waals surface area contributed by atoms with E-state index in [-0.39, 0.29) is 23.3 Å². The van der Waals surface area contributed by atoms with E-state index < -0.39 is 5.41 Å². The first-order valence-electron chi connectivity index (χ1n) is 6.86. The zero-order valence-corrected chi connectivity index (χ0v) is 13.0. The SMILES string of the molecule is CNN[C@H](CN1C(=O)CCC(C)(C)C1=O)C(C)(C)C. The summed E-state index contributed by atoms with van der Waals surface area (Å²) >= 11 is 0. The van der Waals surface area contributed by atoms with E-state index in [0.717, 1.165) is 0 Å². The molecule has 1 aliphatic heterocycles. The minimum atomic E-state index is -0.435. The van der Waals surface area contributed by atoms with Crippen LogP contribution in [0.5, 0.6) is 0 Å². The Hall–Kier alpha value is -0.940. The third kappa shape index (κ3) is 3.76. The number of imide groups is 1. The van der Waals surface area contributed by atoms with E-state index >= 15 is 0 Å². The molecule has 0 aromatic carbocycles. The molecule has 0 aromatic rings. The van der Waals surface area contributed by atoms with Gasteiger partial charge in [0.2, 0.25) is 11.8 Å². The second-order valence-electron chi connectivity index (χ2n) is 7.01. The van der Waals surface area contributed by atoms with E-state index in [1.807, 2.05) is 13.8 Å². The Kier molecular flexibility index (Phi) is 4.74. The molecule has 2 N–H and O–H groups in total. The Labute approximate surface area is 116 Å². The van der Waals surface area contributed by atoms with Crippen LogP contribution in [0.4, 0.5) is 0 Å². The predicted molar refractivity (Wildman–Crippen MR) is 75.2 cm³/mol. The van der Waals surface area contributed by atoms with Crippen molar-refractivity contribution in [1.82, 2.24) is 15.8 Å². The van der Waals surface area contributed by atoms with Gasteiger partial charge in [0.15, 0.2) is 0 Å². The summed E-state index contributed by atoms with van der Waals surface area (Å²) in [5, 5.41) is 0. The number of nitrogens with one attached hydrogen (secondary N) is 2. The second-order valence-corrected chi connectivity index (χ2v) is 7.01. The molecule has 1 heterocycles. The third-order valence-electron chi connectivity index (χ3n) is 3.82. The number of hydrogen-bond acceptors (Lipinski definition) is 4. The van der Waals surface area contributed by atoms with E-state index in [1.54, 1.807) is 7.05 Å². The van der Waals surface area contributed by atoms with Gasteiger partial charge in [-0.25, -0.2) is 0 Å². The van der Waals surface area contributed by atoms with Crippen molar-refractivity contribution in [1.29, 1.82) is 0 Å². The summed E-state index contributed by atoms with van der Waals surface area (Å²) in [4.78, 5) is 25.8. The maximum atomic E-state index is 12.4. The zero-order chi connectivity index (χ0) is 14.8. The lowest BCUT2D eigenvalue weighted by Crippen LogP contribution is -2.58. The summed E-state index contributed by atoms with van der Waals surface area (Å²) in [5.41, 5.74) is 5.57. The molecule has 0 aromatic heterocycles. The van der Waals surface area contributed by atoms with E-state index in [0.29, 0.717) is 19.4 Å². The van der Waals surface area contributed by atoms with Crippen LogP contribution in [0.15, 0.2) is 0 Å². The number of hydrazine groups is 1. The average Bonchev–Trinajstić information content (AvgIpc) is 2.27. The monoisotopic (exact) mass is 269 g/mol. The predicted octanol–water partition coefficient (Wildman–Crippen LogP) is 1.30. The molecule has 0 unspecified atom stereocenters. The fourth-order valence-corrected chi connectivity index (χ4v) is 2.22. The van der Waals surface area contributed by atoms with Gasteiger partial charge in [0.1, 0.15) is 0 Å². The first-order chi connectivity index (χ1) is 8.59. The van der Waals surface area contributed by atoms with Crippen molar-refractivity contribution in [3.05, 3.63) is 0 Å². The summed E-state index contributed by atoms with van der Waals surface area (Å²) in [7, 11) is 1.79. The molecule has 0 bridgehead atoms. The highest BCUT2D eigenvalue weighted by Gasteiger charge is 2.41. The van der Waals surface area contributed by atoms with Gasteiger partial charge in [-0.05, 0) is 18.9 Å². The molecule has 5 heteroatoms. The van der Waals surface area contributed by atoms with Gasteiger partial charge in [0.05, 0.1) is 0 Å². The summed E-state index contributed by atoms with van der Waals surface area (Å²) < 4.78 is 0. The summed E-state index contributed by atoms with van der Waals surface area (Å²) in [6.45, 7) is 10.5. The number of nitrogens with zero attached hydrogens (tertiary/aromatic N) is 1. The first-order valence-corrected chi connectivity index (χ1v) is 6.86. The number of likely N-dealkylation sites (tertiary alicyclic amines) is 1. The van der Waals surface area contributed by atoms with Crippen LogP contribution in [0.3, 0.4) is 0 Å². The van der Waals surface area contributed by atoms with Crippen LogP contribution in [0.2, 0.25) is 0 Å². The molecule has 1 fully saturated rings. The molecule has 1 atom stereocenters. The maximum Gasteiger partial charge on any atom is 0.234 e. The molecule has 5 nitrogen and oxygen atoms in total. The van der Waals surface area contributed by atoms with Gasteiger partial charge < -0.3 is 0 Å². The van der Waals surface area contributed by atoms with Crippen LogP contribution in [0.25, 0.3) is 0 Å². The van der Waals surface area contributed by atoms with Gasteiger partial charge in [-0.2, -0.15) is 0 Å². The largest absolute Gasteiger partial charge is 0.281 e. The molecule has 110 valence electrons. The van der Waals surface area contributed by atoms with Crippen LogP contribution in [-0.2, 0) is 9.59 Å². The zero-order valence-electron chi connectivity index (χ0n) is 13.0. The molecule has 1 rings (SSSR count). The van der Waals surface area contributed by atoms with Gasteiger partial charge in [-0.3, -0.25) is 25.3 Å². The van der Waals surface area contributed by atoms with Gasteiger partial charge >= 0.3 is 0 Å². The van der Waals surface area contributed by atoms with Crippen molar-refractivity contribution in [2.24, 2.45) is 10.8 Å². The van der Waals surface area contributed by atoms with Gasteiger partial charge in [0.25, 0.3) is 0 Å². The molecule has 19 heavy (non-hydrogen) atoms. The smallest absolute Gasteiger partial charge is 0.234 e. The molecule has 1 aliphatic rings. The number of hydrogen-bond donors (Lipinski definition) is 2. The van der Waals surface area contributed by atoms with E-state index in [2.05, 4.69) is 31.6 Å². The molecule has 0 radical (unpaired) electrons. The Morgan fingerprint density at radius 2 is 1.89 bits per heavy atom. The normalized spacial score (nSPS) is 21.7. The highest BCUT2D eigenvalue weighted by Crippen LogP contribution is 2.31. The van der Waals surface area contributed by atoms with Gasteiger partial charge in [0, 0.05) is 24.4 Å². The number of rotatable bonds is 4. The number of carbonyl (C=O) groups excluding carboxylic acids is 2. The fourth-order valence-electron chi connectivity index (χ4n) is 2.22.